The molecule has 1 aromatic rings. The van der Waals surface area contributed by atoms with E-state index in [2.05, 4.69) is 10.6 Å². The van der Waals surface area contributed by atoms with Crippen molar-refractivity contribution in [1.29, 1.82) is 0 Å². The van der Waals surface area contributed by atoms with Crippen LogP contribution in [0, 0.1) is 5.82 Å². The fraction of sp³-hybridized carbons (Fsp3) is 0.611. The van der Waals surface area contributed by atoms with Gasteiger partial charge < -0.3 is 30.0 Å². The van der Waals surface area contributed by atoms with Crippen LogP contribution in [0.2, 0.25) is 0 Å². The van der Waals surface area contributed by atoms with Crippen LogP contribution in [0.25, 0.3) is 0 Å². The summed E-state index contributed by atoms with van der Waals surface area (Å²) in [4.78, 5) is 11.7. The second-order valence-electron chi connectivity index (χ2n) is 5.65. The monoisotopic (exact) mass is 372 g/mol. The summed E-state index contributed by atoms with van der Waals surface area (Å²) < 4.78 is 29.9. The minimum absolute atomic E-state index is 0.0367. The summed E-state index contributed by atoms with van der Waals surface area (Å²) in [5.41, 5.74) is 0.526. The van der Waals surface area contributed by atoms with Gasteiger partial charge in [0.25, 0.3) is 0 Å². The summed E-state index contributed by atoms with van der Waals surface area (Å²) in [6, 6.07) is 4.72. The van der Waals surface area contributed by atoms with Gasteiger partial charge in [-0.15, -0.1) is 0 Å². The van der Waals surface area contributed by atoms with E-state index in [0.29, 0.717) is 32.0 Å². The predicted octanol–water partition coefficient (Wildman–Crippen LogP) is 0.764. The van der Waals surface area contributed by atoms with Crippen molar-refractivity contribution in [3.05, 3.63) is 35.1 Å². The lowest BCUT2D eigenvalue weighted by atomic mass is 10.1. The summed E-state index contributed by atoms with van der Waals surface area (Å²) in [5, 5.41) is 15.1. The maximum Gasteiger partial charge on any atom is 0.246 e. The van der Waals surface area contributed by atoms with Crippen LogP contribution >= 0.6 is 0 Å². The van der Waals surface area contributed by atoms with Gasteiger partial charge >= 0.3 is 0 Å². The standard InChI is InChI=1S/C18H29FN2O5/c1-14(22)16-5-3-4-15(18(16)19)12-21-17(23)13-26-11-10-25-9-8-24-7-6-20-2/h3-5,14,20,22H,6-13H2,1-2H3,(H,21,23). The molecule has 0 aliphatic heterocycles. The molecule has 0 fully saturated rings. The van der Waals surface area contributed by atoms with Gasteiger partial charge in [0, 0.05) is 24.2 Å². The molecular formula is C18H29FN2O5. The molecule has 1 amide bonds. The van der Waals surface area contributed by atoms with E-state index in [9.17, 15) is 14.3 Å². The number of carbonyl (C=O) groups is 1. The Morgan fingerprint density at radius 1 is 1.15 bits per heavy atom. The van der Waals surface area contributed by atoms with Crippen LogP contribution in [-0.4, -0.2) is 64.2 Å². The van der Waals surface area contributed by atoms with Crippen molar-refractivity contribution in [2.24, 2.45) is 0 Å². The molecule has 0 saturated heterocycles. The highest BCUT2D eigenvalue weighted by Crippen LogP contribution is 2.19. The van der Waals surface area contributed by atoms with Gasteiger partial charge in [0.1, 0.15) is 12.4 Å². The lowest BCUT2D eigenvalue weighted by molar-refractivity contribution is -0.126. The van der Waals surface area contributed by atoms with Crippen molar-refractivity contribution in [3.63, 3.8) is 0 Å². The van der Waals surface area contributed by atoms with E-state index in [1.165, 1.54) is 13.0 Å². The van der Waals surface area contributed by atoms with E-state index in [-0.39, 0.29) is 31.2 Å². The molecule has 7 nitrogen and oxygen atoms in total. The molecule has 1 unspecified atom stereocenters. The lowest BCUT2D eigenvalue weighted by Gasteiger charge is -2.11. The summed E-state index contributed by atoms with van der Waals surface area (Å²) in [6.45, 7) is 4.48. The smallest absolute Gasteiger partial charge is 0.246 e. The van der Waals surface area contributed by atoms with Gasteiger partial charge in [0.2, 0.25) is 5.91 Å². The fourth-order valence-electron chi connectivity index (χ4n) is 2.08. The van der Waals surface area contributed by atoms with Crippen LogP contribution in [0.3, 0.4) is 0 Å². The first-order chi connectivity index (χ1) is 12.6. The number of hydrogen-bond donors (Lipinski definition) is 3. The number of halogens is 1. The average Bonchev–Trinajstić information content (AvgIpc) is 2.62. The number of aliphatic hydroxyl groups is 1. The Balaban J connectivity index is 2.10. The van der Waals surface area contributed by atoms with Crippen LogP contribution in [0.4, 0.5) is 4.39 Å². The van der Waals surface area contributed by atoms with Crippen molar-refractivity contribution in [2.75, 3.05) is 53.2 Å². The number of hydrogen-bond acceptors (Lipinski definition) is 6. The van der Waals surface area contributed by atoms with Crippen LogP contribution in [-0.2, 0) is 25.5 Å². The van der Waals surface area contributed by atoms with Crippen LogP contribution < -0.4 is 10.6 Å². The summed E-state index contributed by atoms with van der Waals surface area (Å²) in [7, 11) is 1.86. The van der Waals surface area contributed by atoms with E-state index in [1.807, 2.05) is 7.05 Å². The maximum atomic E-state index is 14.1. The normalized spacial score (nSPS) is 12.2. The Bertz CT molecular complexity index is 528. The quantitative estimate of drug-likeness (QED) is 0.418. The summed E-state index contributed by atoms with van der Waals surface area (Å²) >= 11 is 0. The van der Waals surface area contributed by atoms with Crippen molar-refractivity contribution in [2.45, 2.75) is 19.6 Å². The number of rotatable bonds is 14. The molecule has 0 spiro atoms. The van der Waals surface area contributed by atoms with E-state index in [4.69, 9.17) is 14.2 Å². The first-order valence-corrected chi connectivity index (χ1v) is 8.66. The second kappa shape index (κ2) is 13.6. The van der Waals surface area contributed by atoms with E-state index >= 15 is 0 Å². The van der Waals surface area contributed by atoms with E-state index in [0.717, 1.165) is 6.54 Å². The molecule has 148 valence electrons. The summed E-state index contributed by atoms with van der Waals surface area (Å²) in [5.74, 6) is -0.851. The zero-order valence-corrected chi connectivity index (χ0v) is 15.4. The molecule has 0 heterocycles. The van der Waals surface area contributed by atoms with Gasteiger partial charge in [-0.2, -0.15) is 0 Å². The highest BCUT2D eigenvalue weighted by Gasteiger charge is 2.12. The predicted molar refractivity (Wildman–Crippen MR) is 95.3 cm³/mol. The van der Waals surface area contributed by atoms with Gasteiger partial charge in [-0.3, -0.25) is 4.79 Å². The Hall–Kier alpha value is -1.58. The van der Waals surface area contributed by atoms with Crippen molar-refractivity contribution >= 4 is 5.91 Å². The van der Waals surface area contributed by atoms with Gasteiger partial charge in [-0.1, -0.05) is 18.2 Å². The molecule has 8 heteroatoms. The molecule has 1 aromatic carbocycles. The Morgan fingerprint density at radius 3 is 2.46 bits per heavy atom. The number of amides is 1. The first kappa shape index (κ1) is 22.5. The molecule has 0 aromatic heterocycles. The fourth-order valence-corrected chi connectivity index (χ4v) is 2.08. The first-order valence-electron chi connectivity index (χ1n) is 8.66. The highest BCUT2D eigenvalue weighted by atomic mass is 19.1. The largest absolute Gasteiger partial charge is 0.389 e. The molecule has 0 bridgehead atoms. The number of likely N-dealkylation sites (N-methyl/N-ethyl adjacent to an activating group) is 1. The number of carbonyl (C=O) groups excluding carboxylic acids is 1. The zero-order chi connectivity index (χ0) is 19.2. The summed E-state index contributed by atoms with van der Waals surface area (Å²) in [6.07, 6.45) is -0.900. The minimum atomic E-state index is -0.900. The molecule has 0 radical (unpaired) electrons. The molecule has 0 aliphatic carbocycles. The van der Waals surface area contributed by atoms with Crippen LogP contribution in [0.5, 0.6) is 0 Å². The third kappa shape index (κ3) is 9.21. The minimum Gasteiger partial charge on any atom is -0.389 e. The molecule has 1 rings (SSSR count). The van der Waals surface area contributed by atoms with Crippen molar-refractivity contribution in [3.8, 4) is 0 Å². The number of ether oxygens (including phenoxy) is 3. The molecule has 1 atom stereocenters. The number of aliphatic hydroxyl groups excluding tert-OH is 1. The number of nitrogens with one attached hydrogen (secondary N) is 2. The number of benzene rings is 1. The van der Waals surface area contributed by atoms with E-state index in [1.54, 1.807) is 12.1 Å². The third-order valence-corrected chi connectivity index (χ3v) is 3.51. The maximum absolute atomic E-state index is 14.1. The Morgan fingerprint density at radius 2 is 1.81 bits per heavy atom. The van der Waals surface area contributed by atoms with Crippen LogP contribution in [0.1, 0.15) is 24.2 Å². The van der Waals surface area contributed by atoms with Crippen molar-refractivity contribution in [1.82, 2.24) is 10.6 Å². The molecular weight excluding hydrogens is 343 g/mol. The van der Waals surface area contributed by atoms with Gasteiger partial charge in [0.15, 0.2) is 0 Å². The topological polar surface area (TPSA) is 89.0 Å². The van der Waals surface area contributed by atoms with Gasteiger partial charge in [-0.25, -0.2) is 4.39 Å². The Labute approximate surface area is 153 Å². The zero-order valence-electron chi connectivity index (χ0n) is 15.4. The lowest BCUT2D eigenvalue weighted by Crippen LogP contribution is -2.28. The highest BCUT2D eigenvalue weighted by molar-refractivity contribution is 5.77. The van der Waals surface area contributed by atoms with E-state index < -0.39 is 11.9 Å². The Kier molecular flexibility index (Phi) is 11.7. The molecule has 26 heavy (non-hydrogen) atoms. The van der Waals surface area contributed by atoms with Crippen molar-refractivity contribution < 1.29 is 28.5 Å². The molecule has 0 aliphatic rings. The SMILES string of the molecule is CNCCOCCOCCOCC(=O)NCc1cccc(C(C)O)c1F. The molecule has 0 saturated carbocycles. The third-order valence-electron chi connectivity index (χ3n) is 3.51. The van der Waals surface area contributed by atoms with Gasteiger partial charge in [-0.05, 0) is 14.0 Å². The average molecular weight is 372 g/mol. The second-order valence-corrected chi connectivity index (χ2v) is 5.65. The molecule has 3 N–H and O–H groups in total. The van der Waals surface area contributed by atoms with Gasteiger partial charge in [0.05, 0.1) is 39.1 Å². The van der Waals surface area contributed by atoms with Crippen LogP contribution in [0.15, 0.2) is 18.2 Å².